The lowest BCUT2D eigenvalue weighted by Gasteiger charge is -2.18. The Hall–Kier alpha value is -2.05. The number of carbonyl (C=O) groups is 2. The molecule has 6 nitrogen and oxygen atoms in total. The minimum absolute atomic E-state index is 0.180. The van der Waals surface area contributed by atoms with Crippen molar-refractivity contribution in [3.8, 4) is 5.75 Å². The van der Waals surface area contributed by atoms with Crippen molar-refractivity contribution >= 4 is 23.4 Å². The number of ether oxygens (including phenoxy) is 1. The monoisotopic (exact) mass is 324 g/mol. The SMILES string of the molecule is C=CC(=O)NO[C@@H]1CCN(C(=O)c2cc(Cl)ccc2OC)C1. The molecule has 1 heterocycles. The van der Waals surface area contributed by atoms with Crippen molar-refractivity contribution in [1.82, 2.24) is 10.4 Å². The molecule has 0 aliphatic carbocycles. The summed E-state index contributed by atoms with van der Waals surface area (Å²) < 4.78 is 5.20. The van der Waals surface area contributed by atoms with Gasteiger partial charge in [-0.05, 0) is 30.7 Å². The van der Waals surface area contributed by atoms with Crippen LogP contribution in [0.5, 0.6) is 5.75 Å². The van der Waals surface area contributed by atoms with Crippen LogP contribution in [0, 0.1) is 0 Å². The number of methoxy groups -OCH3 is 1. The van der Waals surface area contributed by atoms with Crippen LogP contribution in [0.2, 0.25) is 5.02 Å². The molecule has 7 heteroatoms. The Morgan fingerprint density at radius 3 is 2.95 bits per heavy atom. The summed E-state index contributed by atoms with van der Waals surface area (Å²) in [7, 11) is 1.50. The summed E-state index contributed by atoms with van der Waals surface area (Å²) >= 11 is 5.95. The van der Waals surface area contributed by atoms with E-state index in [0.717, 1.165) is 6.08 Å². The Kier molecular flexibility index (Phi) is 5.41. The van der Waals surface area contributed by atoms with Crippen LogP contribution in [0.25, 0.3) is 0 Å². The van der Waals surface area contributed by atoms with Crippen molar-refractivity contribution in [3.05, 3.63) is 41.4 Å². The maximum absolute atomic E-state index is 12.5. The van der Waals surface area contributed by atoms with E-state index < -0.39 is 5.91 Å². The third-order valence-electron chi connectivity index (χ3n) is 3.34. The van der Waals surface area contributed by atoms with Crippen LogP contribution in [0.1, 0.15) is 16.8 Å². The van der Waals surface area contributed by atoms with Crippen molar-refractivity contribution in [2.24, 2.45) is 0 Å². The average molecular weight is 325 g/mol. The van der Waals surface area contributed by atoms with E-state index in [1.165, 1.54) is 7.11 Å². The summed E-state index contributed by atoms with van der Waals surface area (Å²) in [6, 6.07) is 4.90. The van der Waals surface area contributed by atoms with Gasteiger partial charge in [-0.3, -0.25) is 14.4 Å². The molecule has 0 saturated carbocycles. The van der Waals surface area contributed by atoms with Gasteiger partial charge in [-0.1, -0.05) is 18.2 Å². The van der Waals surface area contributed by atoms with Crippen molar-refractivity contribution in [2.75, 3.05) is 20.2 Å². The van der Waals surface area contributed by atoms with E-state index in [2.05, 4.69) is 12.1 Å². The molecule has 0 radical (unpaired) electrons. The van der Waals surface area contributed by atoms with Gasteiger partial charge >= 0.3 is 0 Å². The topological polar surface area (TPSA) is 67.9 Å². The molecule has 0 spiro atoms. The maximum atomic E-state index is 12.5. The second kappa shape index (κ2) is 7.29. The van der Waals surface area contributed by atoms with Crippen molar-refractivity contribution < 1.29 is 19.2 Å². The molecule has 1 aromatic rings. The number of nitrogens with zero attached hydrogens (tertiary/aromatic N) is 1. The first-order valence-electron chi connectivity index (χ1n) is 6.76. The number of hydrogen-bond donors (Lipinski definition) is 1. The van der Waals surface area contributed by atoms with Gasteiger partial charge in [0.05, 0.1) is 12.7 Å². The van der Waals surface area contributed by atoms with Gasteiger partial charge < -0.3 is 9.64 Å². The standard InChI is InChI=1S/C15H17ClN2O4/c1-3-14(19)17-22-11-6-7-18(9-11)15(20)12-8-10(16)4-5-13(12)21-2/h3-5,8,11H,1,6-7,9H2,2H3,(H,17,19)/t11-/m1/s1. The summed E-state index contributed by atoms with van der Waals surface area (Å²) in [6.07, 6.45) is 1.50. The fraction of sp³-hybridized carbons (Fsp3) is 0.333. The molecular formula is C15H17ClN2O4. The molecule has 2 rings (SSSR count). The molecule has 22 heavy (non-hydrogen) atoms. The van der Waals surface area contributed by atoms with E-state index in [-0.39, 0.29) is 12.0 Å². The first-order chi connectivity index (χ1) is 10.5. The fourth-order valence-electron chi connectivity index (χ4n) is 2.21. The van der Waals surface area contributed by atoms with Crippen LogP contribution in [-0.2, 0) is 9.63 Å². The second-order valence-electron chi connectivity index (χ2n) is 4.79. The van der Waals surface area contributed by atoms with E-state index >= 15 is 0 Å². The van der Waals surface area contributed by atoms with Crippen LogP contribution < -0.4 is 10.2 Å². The van der Waals surface area contributed by atoms with Crippen LogP contribution in [0.15, 0.2) is 30.9 Å². The van der Waals surface area contributed by atoms with Gasteiger partial charge in [-0.2, -0.15) is 0 Å². The van der Waals surface area contributed by atoms with Gasteiger partial charge in [0.2, 0.25) is 0 Å². The molecule has 1 saturated heterocycles. The first-order valence-corrected chi connectivity index (χ1v) is 7.13. The van der Waals surface area contributed by atoms with Crippen molar-refractivity contribution in [1.29, 1.82) is 0 Å². The zero-order chi connectivity index (χ0) is 16.1. The molecular weight excluding hydrogens is 308 g/mol. The minimum Gasteiger partial charge on any atom is -0.496 e. The highest BCUT2D eigenvalue weighted by Gasteiger charge is 2.29. The van der Waals surface area contributed by atoms with E-state index in [9.17, 15) is 9.59 Å². The molecule has 1 aliphatic rings. The number of nitrogens with one attached hydrogen (secondary N) is 1. The zero-order valence-corrected chi connectivity index (χ0v) is 12.9. The first kappa shape index (κ1) is 16.3. The third kappa shape index (κ3) is 3.78. The Morgan fingerprint density at radius 1 is 1.50 bits per heavy atom. The highest BCUT2D eigenvalue weighted by molar-refractivity contribution is 6.31. The number of carbonyl (C=O) groups excluding carboxylic acids is 2. The maximum Gasteiger partial charge on any atom is 0.266 e. The quantitative estimate of drug-likeness (QED) is 0.662. The van der Waals surface area contributed by atoms with Gasteiger partial charge in [0.1, 0.15) is 11.9 Å². The fourth-order valence-corrected chi connectivity index (χ4v) is 2.38. The number of likely N-dealkylation sites (tertiary alicyclic amines) is 1. The molecule has 1 aromatic carbocycles. The Labute approximate surface area is 133 Å². The minimum atomic E-state index is -0.415. The number of amides is 2. The lowest BCUT2D eigenvalue weighted by Crippen LogP contribution is -2.33. The highest BCUT2D eigenvalue weighted by Crippen LogP contribution is 2.25. The van der Waals surface area contributed by atoms with Crippen LogP contribution in [-0.4, -0.2) is 43.0 Å². The largest absolute Gasteiger partial charge is 0.496 e. The number of hydrogen-bond acceptors (Lipinski definition) is 4. The van der Waals surface area contributed by atoms with E-state index in [4.69, 9.17) is 21.2 Å². The summed E-state index contributed by atoms with van der Waals surface area (Å²) in [5.74, 6) is -0.125. The van der Waals surface area contributed by atoms with Gasteiger partial charge in [-0.15, -0.1) is 0 Å². The zero-order valence-electron chi connectivity index (χ0n) is 12.2. The Balaban J connectivity index is 2.01. The van der Waals surface area contributed by atoms with Gasteiger partial charge in [0.15, 0.2) is 0 Å². The molecule has 0 unspecified atom stereocenters. The third-order valence-corrected chi connectivity index (χ3v) is 3.57. The van der Waals surface area contributed by atoms with Gasteiger partial charge in [0.25, 0.3) is 11.8 Å². The predicted molar refractivity (Wildman–Crippen MR) is 81.7 cm³/mol. The molecule has 118 valence electrons. The normalized spacial score (nSPS) is 17.2. The molecule has 1 aliphatic heterocycles. The summed E-state index contributed by atoms with van der Waals surface area (Å²) in [4.78, 5) is 30.5. The van der Waals surface area contributed by atoms with E-state index in [1.54, 1.807) is 23.1 Å². The molecule has 0 aromatic heterocycles. The lowest BCUT2D eigenvalue weighted by molar-refractivity contribution is -0.132. The smallest absolute Gasteiger partial charge is 0.266 e. The predicted octanol–water partition coefficient (Wildman–Crippen LogP) is 1.80. The summed E-state index contributed by atoms with van der Waals surface area (Å²) in [6.45, 7) is 4.24. The molecule has 1 atom stereocenters. The van der Waals surface area contributed by atoms with E-state index in [0.29, 0.717) is 35.8 Å². The number of hydroxylamine groups is 1. The van der Waals surface area contributed by atoms with Crippen molar-refractivity contribution in [2.45, 2.75) is 12.5 Å². The summed E-state index contributed by atoms with van der Waals surface area (Å²) in [5.41, 5.74) is 2.67. The van der Waals surface area contributed by atoms with E-state index in [1.807, 2.05) is 0 Å². The average Bonchev–Trinajstić information content (AvgIpc) is 3.00. The van der Waals surface area contributed by atoms with Crippen LogP contribution >= 0.6 is 11.6 Å². The molecule has 1 N–H and O–H groups in total. The Bertz CT molecular complexity index is 591. The lowest BCUT2D eigenvalue weighted by atomic mass is 10.1. The number of halogens is 1. The Morgan fingerprint density at radius 2 is 2.27 bits per heavy atom. The number of rotatable bonds is 5. The van der Waals surface area contributed by atoms with Crippen LogP contribution in [0.3, 0.4) is 0 Å². The second-order valence-corrected chi connectivity index (χ2v) is 5.23. The highest BCUT2D eigenvalue weighted by atomic mass is 35.5. The molecule has 0 bridgehead atoms. The van der Waals surface area contributed by atoms with Crippen LogP contribution in [0.4, 0.5) is 0 Å². The van der Waals surface area contributed by atoms with Gasteiger partial charge in [-0.25, -0.2) is 5.48 Å². The summed E-state index contributed by atoms with van der Waals surface area (Å²) in [5, 5.41) is 0.467. The number of benzene rings is 1. The van der Waals surface area contributed by atoms with Gasteiger partial charge in [0, 0.05) is 18.1 Å². The van der Waals surface area contributed by atoms with Crippen molar-refractivity contribution in [3.63, 3.8) is 0 Å². The molecule has 1 fully saturated rings. The molecule has 2 amide bonds.